The van der Waals surface area contributed by atoms with E-state index in [0.717, 1.165) is 22.6 Å². The van der Waals surface area contributed by atoms with E-state index >= 15 is 0 Å². The van der Waals surface area contributed by atoms with E-state index in [9.17, 15) is 0 Å². The van der Waals surface area contributed by atoms with Gasteiger partial charge in [-0.25, -0.2) is 0 Å². The fourth-order valence-corrected chi connectivity index (χ4v) is 2.04. The molecule has 0 amide bonds. The third-order valence-corrected chi connectivity index (χ3v) is 3.10. The monoisotopic (exact) mass is 274 g/mol. The van der Waals surface area contributed by atoms with Gasteiger partial charge in [0, 0.05) is 11.6 Å². The van der Waals surface area contributed by atoms with Crippen LogP contribution in [-0.2, 0) is 0 Å². The Labute approximate surface area is 118 Å². The summed E-state index contributed by atoms with van der Waals surface area (Å²) in [6.07, 6.45) is 0. The molecule has 2 aromatic rings. The maximum atomic E-state index is 5.42. The quantitative estimate of drug-likeness (QED) is 0.837. The minimum atomic E-state index is 0.683. The van der Waals surface area contributed by atoms with Crippen LogP contribution in [0.25, 0.3) is 11.1 Å². The zero-order valence-corrected chi connectivity index (χ0v) is 12.1. The van der Waals surface area contributed by atoms with Crippen molar-refractivity contribution in [2.24, 2.45) is 0 Å². The Balaban J connectivity index is 2.50. The predicted molar refractivity (Wildman–Crippen MR) is 78.1 cm³/mol. The molecule has 0 aliphatic heterocycles. The fourth-order valence-electron chi connectivity index (χ4n) is 2.04. The zero-order chi connectivity index (χ0) is 14.5. The molecule has 0 unspecified atom stereocenters. The number of ether oxygens (including phenoxy) is 4. The molecular formula is C16H18O4. The van der Waals surface area contributed by atoms with Crippen LogP contribution >= 0.6 is 0 Å². The molecule has 0 fully saturated rings. The molecule has 2 rings (SSSR count). The number of benzene rings is 2. The summed E-state index contributed by atoms with van der Waals surface area (Å²) in [5.41, 5.74) is 1.96. The van der Waals surface area contributed by atoms with Crippen LogP contribution in [-0.4, -0.2) is 28.4 Å². The number of hydrogen-bond donors (Lipinski definition) is 0. The molecule has 0 saturated heterocycles. The minimum Gasteiger partial charge on any atom is -0.497 e. The molecule has 4 heteroatoms. The lowest BCUT2D eigenvalue weighted by atomic mass is 10.0. The maximum Gasteiger partial charge on any atom is 0.161 e. The Morgan fingerprint density at radius 3 is 1.90 bits per heavy atom. The second kappa shape index (κ2) is 6.19. The Kier molecular flexibility index (Phi) is 4.35. The molecule has 0 atom stereocenters. The molecule has 0 spiro atoms. The van der Waals surface area contributed by atoms with Crippen molar-refractivity contribution < 1.29 is 18.9 Å². The Bertz CT molecular complexity index is 593. The number of hydrogen-bond acceptors (Lipinski definition) is 4. The molecule has 20 heavy (non-hydrogen) atoms. The van der Waals surface area contributed by atoms with E-state index in [0.29, 0.717) is 11.5 Å². The maximum absolute atomic E-state index is 5.42. The first-order valence-corrected chi connectivity index (χ1v) is 6.18. The molecule has 0 aliphatic carbocycles. The third kappa shape index (κ3) is 2.64. The van der Waals surface area contributed by atoms with Gasteiger partial charge in [0.25, 0.3) is 0 Å². The summed E-state index contributed by atoms with van der Waals surface area (Å²) in [5.74, 6) is 2.88. The summed E-state index contributed by atoms with van der Waals surface area (Å²) in [4.78, 5) is 0. The highest BCUT2D eigenvalue weighted by Crippen LogP contribution is 2.37. The summed E-state index contributed by atoms with van der Waals surface area (Å²) in [5, 5.41) is 0. The van der Waals surface area contributed by atoms with E-state index in [-0.39, 0.29) is 0 Å². The lowest BCUT2D eigenvalue weighted by molar-refractivity contribution is 0.355. The van der Waals surface area contributed by atoms with E-state index < -0.39 is 0 Å². The lowest BCUT2D eigenvalue weighted by Gasteiger charge is -2.13. The van der Waals surface area contributed by atoms with Crippen molar-refractivity contribution in [3.05, 3.63) is 36.4 Å². The molecule has 0 N–H and O–H groups in total. The van der Waals surface area contributed by atoms with E-state index in [1.165, 1.54) is 0 Å². The Hall–Kier alpha value is -2.36. The fraction of sp³-hybridized carbons (Fsp3) is 0.250. The van der Waals surface area contributed by atoms with Crippen LogP contribution in [0.4, 0.5) is 0 Å². The van der Waals surface area contributed by atoms with Crippen molar-refractivity contribution >= 4 is 0 Å². The first-order chi connectivity index (χ1) is 9.73. The van der Waals surface area contributed by atoms with Crippen molar-refractivity contribution in [2.45, 2.75) is 0 Å². The van der Waals surface area contributed by atoms with Gasteiger partial charge in [0.2, 0.25) is 0 Å². The molecule has 2 aromatic carbocycles. The largest absolute Gasteiger partial charge is 0.497 e. The first-order valence-electron chi connectivity index (χ1n) is 6.18. The van der Waals surface area contributed by atoms with Gasteiger partial charge in [-0.05, 0) is 29.8 Å². The highest BCUT2D eigenvalue weighted by atomic mass is 16.5. The molecule has 0 aliphatic rings. The predicted octanol–water partition coefficient (Wildman–Crippen LogP) is 3.39. The van der Waals surface area contributed by atoms with Gasteiger partial charge in [-0.1, -0.05) is 6.07 Å². The van der Waals surface area contributed by atoms with Crippen LogP contribution < -0.4 is 18.9 Å². The van der Waals surface area contributed by atoms with Crippen molar-refractivity contribution in [1.29, 1.82) is 0 Å². The SMILES string of the molecule is COc1ccc(-c2ccc(OC)c(OC)c2)c(OC)c1. The summed E-state index contributed by atoms with van der Waals surface area (Å²) in [6, 6.07) is 11.5. The molecule has 0 bridgehead atoms. The highest BCUT2D eigenvalue weighted by Gasteiger charge is 2.11. The van der Waals surface area contributed by atoms with E-state index in [1.807, 2.05) is 36.4 Å². The van der Waals surface area contributed by atoms with Crippen LogP contribution in [0.3, 0.4) is 0 Å². The normalized spacial score (nSPS) is 10.0. The summed E-state index contributed by atoms with van der Waals surface area (Å²) < 4.78 is 21.2. The van der Waals surface area contributed by atoms with E-state index in [1.54, 1.807) is 28.4 Å². The smallest absolute Gasteiger partial charge is 0.161 e. The van der Waals surface area contributed by atoms with Crippen LogP contribution in [0.5, 0.6) is 23.0 Å². The average molecular weight is 274 g/mol. The van der Waals surface area contributed by atoms with Gasteiger partial charge in [-0.3, -0.25) is 0 Å². The topological polar surface area (TPSA) is 36.9 Å². The zero-order valence-electron chi connectivity index (χ0n) is 12.1. The van der Waals surface area contributed by atoms with Crippen molar-refractivity contribution in [3.63, 3.8) is 0 Å². The van der Waals surface area contributed by atoms with Crippen molar-refractivity contribution in [2.75, 3.05) is 28.4 Å². The molecule has 0 aromatic heterocycles. The van der Waals surface area contributed by atoms with Gasteiger partial charge in [-0.2, -0.15) is 0 Å². The second-order valence-electron chi connectivity index (χ2n) is 4.14. The first kappa shape index (κ1) is 14.1. The van der Waals surface area contributed by atoms with Gasteiger partial charge >= 0.3 is 0 Å². The molecule has 4 nitrogen and oxygen atoms in total. The summed E-state index contributed by atoms with van der Waals surface area (Å²) in [6.45, 7) is 0. The van der Waals surface area contributed by atoms with Gasteiger partial charge in [-0.15, -0.1) is 0 Å². The second-order valence-corrected chi connectivity index (χ2v) is 4.14. The minimum absolute atomic E-state index is 0.683. The Morgan fingerprint density at radius 1 is 0.600 bits per heavy atom. The van der Waals surface area contributed by atoms with Gasteiger partial charge in [0.15, 0.2) is 11.5 Å². The van der Waals surface area contributed by atoms with Gasteiger partial charge in [0.1, 0.15) is 11.5 Å². The van der Waals surface area contributed by atoms with Crippen molar-refractivity contribution in [3.8, 4) is 34.1 Å². The van der Waals surface area contributed by atoms with Crippen LogP contribution in [0.2, 0.25) is 0 Å². The molecule has 0 radical (unpaired) electrons. The van der Waals surface area contributed by atoms with Crippen LogP contribution in [0.1, 0.15) is 0 Å². The van der Waals surface area contributed by atoms with E-state index in [2.05, 4.69) is 0 Å². The van der Waals surface area contributed by atoms with Crippen LogP contribution in [0, 0.1) is 0 Å². The highest BCUT2D eigenvalue weighted by molar-refractivity contribution is 5.73. The standard InChI is InChI=1S/C16H18O4/c1-17-12-6-7-13(15(10-12)19-3)11-5-8-14(18-2)16(9-11)20-4/h5-10H,1-4H3. The summed E-state index contributed by atoms with van der Waals surface area (Å²) in [7, 11) is 6.50. The number of methoxy groups -OCH3 is 4. The molecule has 106 valence electrons. The van der Waals surface area contributed by atoms with Gasteiger partial charge in [0.05, 0.1) is 28.4 Å². The molecular weight excluding hydrogens is 256 g/mol. The lowest BCUT2D eigenvalue weighted by Crippen LogP contribution is -1.93. The van der Waals surface area contributed by atoms with Crippen LogP contribution in [0.15, 0.2) is 36.4 Å². The Morgan fingerprint density at radius 2 is 1.30 bits per heavy atom. The summed E-state index contributed by atoms with van der Waals surface area (Å²) >= 11 is 0. The molecule has 0 saturated carbocycles. The molecule has 0 heterocycles. The van der Waals surface area contributed by atoms with E-state index in [4.69, 9.17) is 18.9 Å². The van der Waals surface area contributed by atoms with Gasteiger partial charge < -0.3 is 18.9 Å². The number of rotatable bonds is 5. The van der Waals surface area contributed by atoms with Crippen molar-refractivity contribution in [1.82, 2.24) is 0 Å². The average Bonchev–Trinajstić information content (AvgIpc) is 2.53. The third-order valence-electron chi connectivity index (χ3n) is 3.10.